The van der Waals surface area contributed by atoms with Crippen LogP contribution in [0.3, 0.4) is 0 Å². The van der Waals surface area contributed by atoms with E-state index >= 15 is 0 Å². The summed E-state index contributed by atoms with van der Waals surface area (Å²) in [6.45, 7) is 1.94. The van der Waals surface area contributed by atoms with Crippen LogP contribution < -0.4 is 5.32 Å². The second kappa shape index (κ2) is 6.15. The average molecular weight is 269 g/mol. The Kier molecular flexibility index (Phi) is 4.53. The quantitative estimate of drug-likeness (QED) is 0.817. The van der Waals surface area contributed by atoms with Gasteiger partial charge in [0.05, 0.1) is 0 Å². The van der Waals surface area contributed by atoms with E-state index in [2.05, 4.69) is 29.0 Å². The molecule has 2 N–H and O–H groups in total. The van der Waals surface area contributed by atoms with Crippen molar-refractivity contribution in [3.8, 4) is 5.75 Å². The van der Waals surface area contributed by atoms with E-state index in [1.165, 1.54) is 0 Å². The highest BCUT2D eigenvalue weighted by Gasteiger charge is 2.23. The van der Waals surface area contributed by atoms with Gasteiger partial charge in [-0.3, -0.25) is 0 Å². The predicted molar refractivity (Wildman–Crippen MR) is 83.1 cm³/mol. The van der Waals surface area contributed by atoms with E-state index < -0.39 is 14.1 Å². The molecule has 98 valence electrons. The van der Waals surface area contributed by atoms with E-state index in [9.17, 15) is 5.11 Å². The van der Waals surface area contributed by atoms with Gasteiger partial charge in [-0.1, -0.05) is 36.4 Å². The molecule has 0 saturated heterocycles. The van der Waals surface area contributed by atoms with Crippen molar-refractivity contribution in [2.45, 2.75) is 23.4 Å². The topological polar surface area (TPSA) is 32.3 Å². The van der Waals surface area contributed by atoms with Gasteiger partial charge < -0.3 is 10.4 Å². The van der Waals surface area contributed by atoms with Gasteiger partial charge in [0.15, 0.2) is 0 Å². The summed E-state index contributed by atoms with van der Waals surface area (Å²) < 4.78 is 0. The molecule has 0 aliphatic carbocycles. The highest BCUT2D eigenvalue weighted by Crippen LogP contribution is 2.31. The van der Waals surface area contributed by atoms with Crippen molar-refractivity contribution in [2.24, 2.45) is 0 Å². The number of phenols is 1. The molecule has 0 aromatic heterocycles. The van der Waals surface area contributed by atoms with Crippen LogP contribution >= 0.6 is 0 Å². The SMILES string of the molecule is Cc1cccc([CH](Nc2ccccc2)[Al]([CH3])[CH3])c1O. The molecule has 3 heteroatoms. The number of benzene rings is 2. The Morgan fingerprint density at radius 2 is 1.68 bits per heavy atom. The summed E-state index contributed by atoms with van der Waals surface area (Å²) in [4.78, 5) is 0.238. The van der Waals surface area contributed by atoms with Crippen LogP contribution in [0.5, 0.6) is 5.75 Å². The van der Waals surface area contributed by atoms with E-state index in [1.807, 2.05) is 43.3 Å². The van der Waals surface area contributed by atoms with Crippen LogP contribution in [0, 0.1) is 6.92 Å². The van der Waals surface area contributed by atoms with Crippen molar-refractivity contribution in [1.29, 1.82) is 0 Å². The van der Waals surface area contributed by atoms with Gasteiger partial charge in [-0.15, -0.1) is 11.6 Å². The van der Waals surface area contributed by atoms with E-state index in [1.54, 1.807) is 0 Å². The lowest BCUT2D eigenvalue weighted by molar-refractivity contribution is 0.464. The van der Waals surface area contributed by atoms with E-state index in [0.717, 1.165) is 16.8 Å². The second-order valence-corrected chi connectivity index (χ2v) is 8.40. The molecule has 0 bridgehead atoms. The summed E-state index contributed by atoms with van der Waals surface area (Å²) >= 11 is -1.00. The minimum atomic E-state index is -1.00. The summed E-state index contributed by atoms with van der Waals surface area (Å²) in [5.41, 5.74) is 3.06. The van der Waals surface area contributed by atoms with Crippen molar-refractivity contribution in [3.63, 3.8) is 0 Å². The fourth-order valence-electron chi connectivity index (χ4n) is 2.25. The molecule has 19 heavy (non-hydrogen) atoms. The summed E-state index contributed by atoms with van der Waals surface area (Å²) in [6, 6.07) is 16.2. The van der Waals surface area contributed by atoms with Gasteiger partial charge in [0.1, 0.15) is 5.75 Å². The van der Waals surface area contributed by atoms with Crippen molar-refractivity contribution in [2.75, 3.05) is 5.32 Å². The van der Waals surface area contributed by atoms with E-state index in [-0.39, 0.29) is 4.90 Å². The summed E-state index contributed by atoms with van der Waals surface area (Å²) in [5.74, 6) is 5.02. The summed E-state index contributed by atoms with van der Waals surface area (Å²) in [6.07, 6.45) is 0. The number of aromatic hydroxyl groups is 1. The molecule has 2 aromatic carbocycles. The maximum absolute atomic E-state index is 10.3. The first-order valence-corrected chi connectivity index (χ1v) is 9.67. The average Bonchev–Trinajstić information content (AvgIpc) is 2.40. The highest BCUT2D eigenvalue weighted by atomic mass is 27.2. The zero-order chi connectivity index (χ0) is 13.8. The molecule has 1 atom stereocenters. The minimum absolute atomic E-state index is 0.238. The normalized spacial score (nSPS) is 11.9. The number of nitrogens with one attached hydrogen (secondary N) is 1. The van der Waals surface area contributed by atoms with E-state index in [4.69, 9.17) is 0 Å². The fourth-order valence-corrected chi connectivity index (χ4v) is 3.76. The zero-order valence-corrected chi connectivity index (χ0v) is 12.9. The van der Waals surface area contributed by atoms with Crippen LogP contribution in [0.4, 0.5) is 5.69 Å². The number of hydrogen-bond donors (Lipinski definition) is 2. The van der Waals surface area contributed by atoms with Crippen LogP contribution in [0.15, 0.2) is 48.5 Å². The van der Waals surface area contributed by atoms with Crippen LogP contribution in [-0.2, 0) is 0 Å². The van der Waals surface area contributed by atoms with Gasteiger partial charge >= 0.3 is 0 Å². The Morgan fingerprint density at radius 1 is 1.00 bits per heavy atom. The number of aryl methyl sites for hydroxylation is 1. The smallest absolute Gasteiger partial charge is 0.296 e. The lowest BCUT2D eigenvalue weighted by Gasteiger charge is -2.23. The maximum Gasteiger partial charge on any atom is 0.296 e. The largest absolute Gasteiger partial charge is 0.507 e. The lowest BCUT2D eigenvalue weighted by atomic mass is 10.1. The number of phenolic OH excluding ortho intramolecular Hbond substituents is 1. The first-order valence-electron chi connectivity index (χ1n) is 6.69. The van der Waals surface area contributed by atoms with Crippen LogP contribution in [0.2, 0.25) is 11.6 Å². The third kappa shape index (κ3) is 3.32. The first kappa shape index (κ1) is 14.0. The van der Waals surface area contributed by atoms with Crippen molar-refractivity contribution in [1.82, 2.24) is 0 Å². The Hall–Kier alpha value is -1.43. The van der Waals surface area contributed by atoms with Crippen LogP contribution in [0.1, 0.15) is 16.0 Å². The molecule has 2 rings (SSSR count). The van der Waals surface area contributed by atoms with Crippen LogP contribution in [-0.4, -0.2) is 19.3 Å². The second-order valence-electron chi connectivity index (χ2n) is 5.24. The van der Waals surface area contributed by atoms with Crippen molar-refractivity contribution in [3.05, 3.63) is 59.7 Å². The standard InChI is InChI=1S/C14H14NO.2CH3.Al/c1-11-6-5-7-12(14(11)16)10-15-13-8-3-2-4-9-13;;;/h2-10,15-16H,1H3;2*1H3;. The van der Waals surface area contributed by atoms with Gasteiger partial charge in [0.25, 0.3) is 14.1 Å². The Morgan fingerprint density at radius 3 is 2.32 bits per heavy atom. The molecule has 0 heterocycles. The molecule has 0 aliphatic heterocycles. The van der Waals surface area contributed by atoms with Gasteiger partial charge in [-0.05, 0) is 24.6 Å². The highest BCUT2D eigenvalue weighted by molar-refractivity contribution is 6.58. The summed E-state index contributed by atoms with van der Waals surface area (Å²) in [5, 5.41) is 13.8. The molecule has 1 unspecified atom stereocenters. The molecule has 0 spiro atoms. The molecule has 0 amide bonds. The summed E-state index contributed by atoms with van der Waals surface area (Å²) in [7, 11) is 0. The fraction of sp³-hybridized carbons (Fsp3) is 0.250. The predicted octanol–water partition coefficient (Wildman–Crippen LogP) is 4.15. The van der Waals surface area contributed by atoms with Crippen molar-refractivity contribution < 1.29 is 5.11 Å². The van der Waals surface area contributed by atoms with Gasteiger partial charge in [0.2, 0.25) is 0 Å². The third-order valence-corrected chi connectivity index (χ3v) is 5.23. The monoisotopic (exact) mass is 269 g/mol. The molecule has 0 saturated carbocycles. The van der Waals surface area contributed by atoms with E-state index in [0.29, 0.717) is 5.75 Å². The van der Waals surface area contributed by atoms with Gasteiger partial charge in [-0.2, -0.15) is 0 Å². The number of anilines is 1. The van der Waals surface area contributed by atoms with Gasteiger partial charge in [0, 0.05) is 16.2 Å². The number of para-hydroxylation sites is 2. The van der Waals surface area contributed by atoms with Crippen LogP contribution in [0.25, 0.3) is 0 Å². The Bertz CT molecular complexity index is 540. The maximum atomic E-state index is 10.3. The molecular weight excluding hydrogens is 249 g/mol. The number of rotatable bonds is 4. The lowest BCUT2D eigenvalue weighted by Crippen LogP contribution is -2.24. The minimum Gasteiger partial charge on any atom is -0.507 e. The Labute approximate surface area is 119 Å². The molecular formula is C16H20AlNO. The van der Waals surface area contributed by atoms with Crippen molar-refractivity contribution >= 4 is 19.8 Å². The zero-order valence-electron chi connectivity index (χ0n) is 11.7. The first-order chi connectivity index (χ1) is 9.09. The molecule has 2 aromatic rings. The molecule has 0 fully saturated rings. The number of hydrogen-bond acceptors (Lipinski definition) is 2. The molecule has 0 radical (unpaired) electrons. The molecule has 2 nitrogen and oxygen atoms in total. The molecule has 0 aliphatic rings. The van der Waals surface area contributed by atoms with Gasteiger partial charge in [-0.25, -0.2) is 0 Å². The third-order valence-electron chi connectivity index (χ3n) is 3.37. The Balaban J connectivity index is 2.33.